The van der Waals surface area contributed by atoms with E-state index < -0.39 is 45.7 Å². The van der Waals surface area contributed by atoms with E-state index in [-0.39, 0.29) is 59.2 Å². The second kappa shape index (κ2) is 14.4. The number of ether oxygens (including phenoxy) is 2. The van der Waals surface area contributed by atoms with Crippen LogP contribution in [0.15, 0.2) is 65.7 Å². The Morgan fingerprint density at radius 1 is 0.982 bits per heavy atom. The fraction of sp³-hybridized carbons (Fsp3) is 0.439. The molecule has 16 heteroatoms. The van der Waals surface area contributed by atoms with Crippen molar-refractivity contribution in [1.82, 2.24) is 29.4 Å². The number of anilines is 1. The lowest BCUT2D eigenvalue weighted by Crippen LogP contribution is -2.52. The van der Waals surface area contributed by atoms with Crippen molar-refractivity contribution in [2.45, 2.75) is 107 Å². The number of aryl methyl sites for hydroxylation is 3. The van der Waals surface area contributed by atoms with Crippen LogP contribution in [0.3, 0.4) is 0 Å². The monoisotopic (exact) mass is 803 g/mol. The highest BCUT2D eigenvalue weighted by Crippen LogP contribution is 2.55. The molecular formula is C41H44F3N7O5S. The summed E-state index contributed by atoms with van der Waals surface area (Å²) >= 11 is 0. The first-order chi connectivity index (χ1) is 27.1. The number of amides is 1. The van der Waals surface area contributed by atoms with Gasteiger partial charge < -0.3 is 18.9 Å². The molecule has 12 nitrogen and oxygen atoms in total. The van der Waals surface area contributed by atoms with Crippen LogP contribution in [0.5, 0.6) is 5.88 Å². The maximum absolute atomic E-state index is 15.0. The molecule has 3 aromatic heterocycles. The first kappa shape index (κ1) is 38.8. The van der Waals surface area contributed by atoms with Gasteiger partial charge in [0, 0.05) is 29.9 Å². The number of alkyl halides is 3. The summed E-state index contributed by atoms with van der Waals surface area (Å²) in [6.07, 6.45) is -1.67. The van der Waals surface area contributed by atoms with Gasteiger partial charge in [0.05, 0.1) is 46.8 Å². The third-order valence-electron chi connectivity index (χ3n) is 11.6. The Balaban J connectivity index is 1.29. The summed E-state index contributed by atoms with van der Waals surface area (Å²) in [5.74, 6) is -0.625. The summed E-state index contributed by atoms with van der Waals surface area (Å²) in [5, 5.41) is 0. The minimum atomic E-state index is -4.44. The summed E-state index contributed by atoms with van der Waals surface area (Å²) < 4.78 is 88.3. The van der Waals surface area contributed by atoms with Crippen molar-refractivity contribution in [3.63, 3.8) is 0 Å². The second-order valence-electron chi connectivity index (χ2n) is 15.6. The highest BCUT2D eigenvalue weighted by molar-refractivity contribution is 7.92. The van der Waals surface area contributed by atoms with Gasteiger partial charge in [0.25, 0.3) is 15.9 Å². The van der Waals surface area contributed by atoms with Gasteiger partial charge in [0.15, 0.2) is 5.65 Å². The Labute approximate surface area is 328 Å². The van der Waals surface area contributed by atoms with Crippen molar-refractivity contribution in [3.05, 3.63) is 88.9 Å². The van der Waals surface area contributed by atoms with Crippen LogP contribution in [-0.2, 0) is 27.2 Å². The molecule has 5 heterocycles. The molecule has 3 atom stereocenters. The molecule has 1 saturated heterocycles. The highest BCUT2D eigenvalue weighted by Gasteiger charge is 2.60. The van der Waals surface area contributed by atoms with Crippen molar-refractivity contribution in [3.8, 4) is 17.1 Å². The summed E-state index contributed by atoms with van der Waals surface area (Å²) in [6.45, 7) is 7.58. The molecule has 2 aliphatic heterocycles. The topological polar surface area (TPSA) is 141 Å². The summed E-state index contributed by atoms with van der Waals surface area (Å²) in [7, 11) is -2.73. The largest absolute Gasteiger partial charge is 0.475 e. The summed E-state index contributed by atoms with van der Waals surface area (Å²) in [5.41, 5.74) is 2.27. The van der Waals surface area contributed by atoms with Crippen LogP contribution < -0.4 is 9.46 Å². The molecule has 0 radical (unpaired) electrons. The van der Waals surface area contributed by atoms with Crippen molar-refractivity contribution >= 4 is 33.0 Å². The van der Waals surface area contributed by atoms with Gasteiger partial charge in [-0.05, 0) is 95.2 Å². The van der Waals surface area contributed by atoms with Crippen molar-refractivity contribution in [1.29, 1.82) is 0 Å². The molecule has 4 bridgehead atoms. The summed E-state index contributed by atoms with van der Waals surface area (Å²) in [6, 6.07) is 13.2. The smallest absolute Gasteiger partial charge is 0.399 e. The minimum absolute atomic E-state index is 0.0124. The van der Waals surface area contributed by atoms with Crippen LogP contribution in [0.1, 0.15) is 91.3 Å². The number of aromatic nitrogens is 5. The molecule has 1 saturated carbocycles. The van der Waals surface area contributed by atoms with Crippen LogP contribution in [-0.4, -0.2) is 74.8 Å². The van der Waals surface area contributed by atoms with Crippen LogP contribution in [0, 0.1) is 13.8 Å². The van der Waals surface area contributed by atoms with Crippen molar-refractivity contribution < 1.29 is 35.9 Å². The van der Waals surface area contributed by atoms with E-state index in [0.717, 1.165) is 16.7 Å². The number of halogens is 3. The molecular weight excluding hydrogens is 760 g/mol. The standard InChI is InChI=1S/C41H44F3N7O5S/c1-23(2)56-33-15-8-14-31(30-21-45-29-19-34(50(5)37(29)46-30)40(16-9-17-40)41(42,43)44)51-32(33)22-55-35-20-28(36-24(3)10-6-11-25(36)4)47-39(48-35)49-57(53,54)27-13-7-12-26(18-27)38(51)52/h6-7,10-13,18-21,23,31-33H,8-9,14-17,22H2,1-5H3,(H,47,48,49)/t31?,32-,33+/m0/s1. The van der Waals surface area contributed by atoms with E-state index in [9.17, 15) is 21.6 Å². The molecule has 57 heavy (non-hydrogen) atoms. The number of hydrogen-bond acceptors (Lipinski definition) is 9. The van der Waals surface area contributed by atoms with Crippen LogP contribution in [0.25, 0.3) is 22.4 Å². The highest BCUT2D eigenvalue weighted by atomic mass is 32.2. The van der Waals surface area contributed by atoms with Crippen LogP contribution >= 0.6 is 0 Å². The van der Waals surface area contributed by atoms with Crippen LogP contribution in [0.2, 0.25) is 0 Å². The first-order valence-corrected chi connectivity index (χ1v) is 20.6. The number of benzene rings is 2. The SMILES string of the molecule is Cc1cccc(C)c1-c1cc2nc(n1)NS(=O)(=O)c1cccc(c1)C(=O)N1C(c3cnc4cc(C5(C(F)(F)F)CCC5)n(C)c4n3)CCC[C@@H](OC(C)C)[C@@H]1CO2. The van der Waals surface area contributed by atoms with Gasteiger partial charge in [-0.15, -0.1) is 0 Å². The zero-order valence-electron chi connectivity index (χ0n) is 32.3. The third-order valence-corrected chi connectivity index (χ3v) is 12.9. The molecule has 1 aliphatic carbocycles. The maximum Gasteiger partial charge on any atom is 0.399 e. The first-order valence-electron chi connectivity index (χ1n) is 19.2. The van der Waals surface area contributed by atoms with E-state index in [1.807, 2.05) is 45.9 Å². The molecule has 0 spiro atoms. The van der Waals surface area contributed by atoms with E-state index in [1.165, 1.54) is 35.0 Å². The van der Waals surface area contributed by atoms with E-state index >= 15 is 4.79 Å². The molecule has 3 aliphatic rings. The number of carbonyl (C=O) groups is 1. The van der Waals surface area contributed by atoms with E-state index in [2.05, 4.69) is 19.7 Å². The number of rotatable bonds is 5. The normalized spacial score (nSPS) is 21.9. The molecule has 1 amide bonds. The van der Waals surface area contributed by atoms with Gasteiger partial charge >= 0.3 is 6.18 Å². The van der Waals surface area contributed by atoms with Gasteiger partial charge in [-0.1, -0.05) is 30.7 Å². The van der Waals surface area contributed by atoms with Crippen molar-refractivity contribution in [2.24, 2.45) is 7.05 Å². The van der Waals surface area contributed by atoms with E-state index in [0.29, 0.717) is 42.6 Å². The quantitative estimate of drug-likeness (QED) is 0.189. The number of fused-ring (bicyclic) bond motifs is 6. The van der Waals surface area contributed by atoms with Gasteiger partial charge in [-0.3, -0.25) is 9.78 Å². The van der Waals surface area contributed by atoms with Gasteiger partial charge in [0.2, 0.25) is 11.8 Å². The van der Waals surface area contributed by atoms with Crippen LogP contribution in [0.4, 0.5) is 19.1 Å². The average Bonchev–Trinajstić information content (AvgIpc) is 3.33. The number of carbonyl (C=O) groups excluding carboxylic acids is 1. The van der Waals surface area contributed by atoms with Crippen molar-refractivity contribution in [2.75, 3.05) is 11.3 Å². The molecule has 5 aromatic rings. The maximum atomic E-state index is 15.0. The Hall–Kier alpha value is -5.09. The minimum Gasteiger partial charge on any atom is -0.475 e. The molecule has 2 aromatic carbocycles. The number of nitrogens with one attached hydrogen (secondary N) is 1. The van der Waals surface area contributed by atoms with E-state index in [4.69, 9.17) is 14.5 Å². The summed E-state index contributed by atoms with van der Waals surface area (Å²) in [4.78, 5) is 35.1. The lowest BCUT2D eigenvalue weighted by Gasteiger charge is -2.43. The Bertz CT molecular complexity index is 2460. The molecule has 2 fully saturated rings. The lowest BCUT2D eigenvalue weighted by molar-refractivity contribution is -0.214. The Morgan fingerprint density at radius 3 is 2.40 bits per heavy atom. The van der Waals surface area contributed by atoms with Gasteiger partial charge in [-0.2, -0.15) is 18.2 Å². The zero-order chi connectivity index (χ0) is 40.4. The average molecular weight is 804 g/mol. The predicted octanol–water partition coefficient (Wildman–Crippen LogP) is 7.75. The number of sulfonamides is 1. The van der Waals surface area contributed by atoms with Gasteiger partial charge in [-0.25, -0.2) is 23.1 Å². The van der Waals surface area contributed by atoms with Gasteiger partial charge in [0.1, 0.15) is 17.5 Å². The molecule has 300 valence electrons. The fourth-order valence-corrected chi connectivity index (χ4v) is 9.63. The fourth-order valence-electron chi connectivity index (χ4n) is 8.64. The number of nitrogens with zero attached hydrogens (tertiary/aromatic N) is 6. The zero-order valence-corrected chi connectivity index (χ0v) is 33.1. The predicted molar refractivity (Wildman–Crippen MR) is 206 cm³/mol. The molecule has 1 unspecified atom stereocenters. The molecule has 1 N–H and O–H groups in total. The molecule has 8 rings (SSSR count). The van der Waals surface area contributed by atoms with E-state index in [1.54, 1.807) is 24.1 Å². The second-order valence-corrected chi connectivity index (χ2v) is 17.3. The third kappa shape index (κ3) is 6.89. The Morgan fingerprint density at radius 2 is 1.72 bits per heavy atom. The lowest BCUT2D eigenvalue weighted by atomic mass is 9.66. The Kier molecular flexibility index (Phi) is 9.78. The number of hydrogen-bond donors (Lipinski definition) is 1.